The first-order valence-corrected chi connectivity index (χ1v) is 11.1. The van der Waals surface area contributed by atoms with Gasteiger partial charge in [-0.15, -0.1) is 11.3 Å². The number of hydrogen-bond donors (Lipinski definition) is 3. The van der Waals surface area contributed by atoms with E-state index in [-0.39, 0.29) is 11.3 Å². The number of thiazole rings is 1. The van der Waals surface area contributed by atoms with Crippen LogP contribution in [0.3, 0.4) is 0 Å². The number of ether oxygens (including phenoxy) is 1. The average Bonchev–Trinajstić information content (AvgIpc) is 3.13. The maximum Gasteiger partial charge on any atom is 0.227 e. The van der Waals surface area contributed by atoms with Crippen LogP contribution in [0.2, 0.25) is 0 Å². The van der Waals surface area contributed by atoms with Gasteiger partial charge in [-0.3, -0.25) is 9.69 Å². The van der Waals surface area contributed by atoms with Gasteiger partial charge in [0, 0.05) is 44.0 Å². The van der Waals surface area contributed by atoms with Crippen LogP contribution in [0.15, 0.2) is 5.38 Å². The van der Waals surface area contributed by atoms with Crippen LogP contribution >= 0.6 is 11.3 Å². The third-order valence-corrected chi connectivity index (χ3v) is 7.34. The Hall–Kier alpha value is -1.22. The maximum absolute atomic E-state index is 13.2. The van der Waals surface area contributed by atoms with Crippen LogP contribution < -0.4 is 16.4 Å². The first-order chi connectivity index (χ1) is 13.2. The zero-order chi connectivity index (χ0) is 18.7. The number of carbonyl (C=O) groups is 1. The molecule has 0 spiro atoms. The molecule has 3 heterocycles. The minimum absolute atomic E-state index is 0.225. The largest absolute Gasteiger partial charge is 0.379 e. The van der Waals surface area contributed by atoms with E-state index in [0.29, 0.717) is 23.6 Å². The summed E-state index contributed by atoms with van der Waals surface area (Å²) in [4.78, 5) is 20.1. The predicted octanol–water partition coefficient (Wildman–Crippen LogP) is 0.865. The van der Waals surface area contributed by atoms with Gasteiger partial charge in [0.2, 0.25) is 5.91 Å². The van der Waals surface area contributed by atoms with Gasteiger partial charge in [-0.25, -0.2) is 4.98 Å². The second kappa shape index (κ2) is 8.43. The number of anilines is 1. The van der Waals surface area contributed by atoms with Gasteiger partial charge in [-0.1, -0.05) is 0 Å². The average molecular weight is 394 g/mol. The lowest BCUT2D eigenvalue weighted by molar-refractivity contribution is -0.140. The summed E-state index contributed by atoms with van der Waals surface area (Å²) in [5.41, 5.74) is 6.40. The number of fused-ring (bicyclic) bond motifs is 1. The van der Waals surface area contributed by atoms with E-state index in [0.717, 1.165) is 77.2 Å². The number of nitrogens with zero attached hydrogens (tertiary/aromatic N) is 2. The minimum Gasteiger partial charge on any atom is -0.379 e. The van der Waals surface area contributed by atoms with Gasteiger partial charge in [-0.2, -0.15) is 0 Å². The molecule has 0 unspecified atom stereocenters. The minimum atomic E-state index is -0.248. The molecule has 3 aliphatic rings. The molecule has 1 aliphatic carbocycles. The van der Waals surface area contributed by atoms with Gasteiger partial charge < -0.3 is 21.1 Å². The van der Waals surface area contributed by atoms with E-state index in [1.807, 2.05) is 5.38 Å². The summed E-state index contributed by atoms with van der Waals surface area (Å²) in [7, 11) is 0. The van der Waals surface area contributed by atoms with E-state index in [4.69, 9.17) is 10.5 Å². The fraction of sp³-hybridized carbons (Fsp3) is 0.789. The van der Waals surface area contributed by atoms with Crippen LogP contribution in [0.5, 0.6) is 0 Å². The number of amides is 1. The van der Waals surface area contributed by atoms with E-state index in [9.17, 15) is 4.79 Å². The molecule has 0 bridgehead atoms. The summed E-state index contributed by atoms with van der Waals surface area (Å²) in [5.74, 6) is 0.693. The summed E-state index contributed by atoms with van der Waals surface area (Å²) < 4.78 is 5.51. The molecule has 1 aromatic rings. The summed E-state index contributed by atoms with van der Waals surface area (Å²) >= 11 is 1.45. The Balaban J connectivity index is 1.36. The highest BCUT2D eigenvalue weighted by atomic mass is 32.1. The third kappa shape index (κ3) is 4.13. The first-order valence-electron chi connectivity index (χ1n) is 10.2. The fourth-order valence-corrected chi connectivity index (χ4v) is 5.68. The molecule has 27 heavy (non-hydrogen) atoms. The number of nitrogens with two attached hydrogens (primary N) is 1. The lowest BCUT2D eigenvalue weighted by atomic mass is 9.61. The fourth-order valence-electron chi connectivity index (χ4n) is 5.09. The highest BCUT2D eigenvalue weighted by Crippen LogP contribution is 2.46. The van der Waals surface area contributed by atoms with Crippen molar-refractivity contribution in [2.24, 2.45) is 11.3 Å². The Kier molecular flexibility index (Phi) is 5.96. The zero-order valence-corrected chi connectivity index (χ0v) is 16.7. The summed E-state index contributed by atoms with van der Waals surface area (Å²) in [6.45, 7) is 6.21. The molecule has 1 saturated carbocycles. The van der Waals surface area contributed by atoms with E-state index in [1.165, 1.54) is 11.3 Å². The van der Waals surface area contributed by atoms with Crippen LogP contribution in [0, 0.1) is 11.3 Å². The van der Waals surface area contributed by atoms with Gasteiger partial charge in [0.25, 0.3) is 0 Å². The first kappa shape index (κ1) is 19.1. The molecule has 2 saturated heterocycles. The topological polar surface area (TPSA) is 92.5 Å². The Bertz CT molecular complexity index is 648. The summed E-state index contributed by atoms with van der Waals surface area (Å²) in [6, 6.07) is 0.607. The smallest absolute Gasteiger partial charge is 0.227 e. The molecule has 8 heteroatoms. The number of rotatable bonds is 5. The van der Waals surface area contributed by atoms with Crippen molar-refractivity contribution in [1.82, 2.24) is 20.5 Å². The van der Waals surface area contributed by atoms with Gasteiger partial charge in [-0.05, 0) is 38.1 Å². The van der Waals surface area contributed by atoms with Crippen LogP contribution in [0.25, 0.3) is 0 Å². The molecule has 0 radical (unpaired) electrons. The molecule has 1 aromatic heterocycles. The monoisotopic (exact) mass is 393 g/mol. The van der Waals surface area contributed by atoms with Gasteiger partial charge in [0.05, 0.1) is 24.3 Å². The number of aromatic nitrogens is 1. The normalized spacial score (nSPS) is 32.0. The number of carbonyl (C=O) groups excluding carboxylic acids is 1. The molecule has 3 fully saturated rings. The molecular formula is C19H31N5O2S. The Morgan fingerprint density at radius 1 is 1.44 bits per heavy atom. The molecule has 1 amide bonds. The quantitative estimate of drug-likeness (QED) is 0.687. The zero-order valence-electron chi connectivity index (χ0n) is 15.9. The Morgan fingerprint density at radius 3 is 3.07 bits per heavy atom. The van der Waals surface area contributed by atoms with Crippen molar-refractivity contribution in [3.63, 3.8) is 0 Å². The van der Waals surface area contributed by atoms with Crippen LogP contribution in [-0.2, 0) is 16.0 Å². The van der Waals surface area contributed by atoms with Gasteiger partial charge >= 0.3 is 0 Å². The molecule has 150 valence electrons. The lowest BCUT2D eigenvalue weighted by Crippen LogP contribution is -2.60. The molecule has 2 aliphatic heterocycles. The Morgan fingerprint density at radius 2 is 2.30 bits per heavy atom. The van der Waals surface area contributed by atoms with Gasteiger partial charge in [0.1, 0.15) is 0 Å². The third-order valence-electron chi connectivity index (χ3n) is 6.62. The van der Waals surface area contributed by atoms with Crippen molar-refractivity contribution in [2.75, 3.05) is 51.7 Å². The van der Waals surface area contributed by atoms with E-state index in [1.54, 1.807) is 0 Å². The van der Waals surface area contributed by atoms with Crippen molar-refractivity contribution in [3.05, 3.63) is 11.1 Å². The lowest BCUT2D eigenvalue weighted by Gasteiger charge is -2.50. The molecule has 4 rings (SSSR count). The predicted molar refractivity (Wildman–Crippen MR) is 107 cm³/mol. The SMILES string of the molecule is Nc1nc(CCNC(=O)[C@@]23CC[C@H](N4CCOCC4)C[C@H]2CCNC3)cs1. The van der Waals surface area contributed by atoms with Crippen LogP contribution in [0.1, 0.15) is 31.4 Å². The van der Waals surface area contributed by atoms with Gasteiger partial charge in [0.15, 0.2) is 5.13 Å². The van der Waals surface area contributed by atoms with Crippen molar-refractivity contribution < 1.29 is 9.53 Å². The maximum atomic E-state index is 13.2. The molecular weight excluding hydrogens is 362 g/mol. The molecule has 0 aromatic carbocycles. The van der Waals surface area contributed by atoms with Crippen molar-refractivity contribution in [3.8, 4) is 0 Å². The molecule has 4 N–H and O–H groups in total. The second-order valence-electron chi connectivity index (χ2n) is 8.08. The second-order valence-corrected chi connectivity index (χ2v) is 8.97. The van der Waals surface area contributed by atoms with Crippen LogP contribution in [-0.4, -0.2) is 67.8 Å². The molecule has 3 atom stereocenters. The van der Waals surface area contributed by atoms with Crippen molar-refractivity contribution >= 4 is 22.4 Å². The number of hydrogen-bond acceptors (Lipinski definition) is 7. The standard InChI is InChI=1S/C19H31N5O2S/c20-18-23-15(12-27-18)3-6-22-17(25)19-4-1-16(24-7-9-26-10-8-24)11-14(19)2-5-21-13-19/h12,14,16,21H,1-11,13H2,(H2,20,23)(H,22,25)/t14-,16+,19-/m1/s1. The number of nitrogen functional groups attached to an aromatic ring is 1. The van der Waals surface area contributed by atoms with Crippen molar-refractivity contribution in [1.29, 1.82) is 0 Å². The number of morpholine rings is 1. The highest BCUT2D eigenvalue weighted by molar-refractivity contribution is 7.13. The number of piperidine rings is 1. The van der Waals surface area contributed by atoms with E-state index >= 15 is 0 Å². The molecule has 7 nitrogen and oxygen atoms in total. The number of nitrogens with one attached hydrogen (secondary N) is 2. The highest BCUT2D eigenvalue weighted by Gasteiger charge is 2.50. The summed E-state index contributed by atoms with van der Waals surface area (Å²) in [6.07, 6.45) is 5.05. The van der Waals surface area contributed by atoms with E-state index < -0.39 is 0 Å². The summed E-state index contributed by atoms with van der Waals surface area (Å²) in [5, 5.41) is 9.26. The van der Waals surface area contributed by atoms with Crippen LogP contribution in [0.4, 0.5) is 5.13 Å². The van der Waals surface area contributed by atoms with E-state index in [2.05, 4.69) is 20.5 Å². The van der Waals surface area contributed by atoms with Crippen molar-refractivity contribution in [2.45, 2.75) is 38.1 Å². The Labute approximate surface area is 165 Å².